The summed E-state index contributed by atoms with van der Waals surface area (Å²) in [6.45, 7) is 0. The fourth-order valence-corrected chi connectivity index (χ4v) is 2.39. The largest absolute Gasteiger partial charge is 0.294 e. The topological polar surface area (TPSA) is 34.9 Å². The molecule has 3 rings (SSSR count). The van der Waals surface area contributed by atoms with E-state index < -0.39 is 17.4 Å². The lowest BCUT2D eigenvalue weighted by Crippen LogP contribution is -2.08. The van der Waals surface area contributed by atoms with E-state index in [0.717, 1.165) is 17.0 Å². The van der Waals surface area contributed by atoms with Crippen LogP contribution in [0.5, 0.6) is 0 Å². The molecule has 2 aromatic carbocycles. The van der Waals surface area contributed by atoms with Gasteiger partial charge in [-0.1, -0.05) is 24.3 Å². The first kappa shape index (κ1) is 13.4. The van der Waals surface area contributed by atoms with Crippen molar-refractivity contribution in [1.82, 2.24) is 9.78 Å². The summed E-state index contributed by atoms with van der Waals surface area (Å²) in [6.07, 6.45) is -0.0677. The van der Waals surface area contributed by atoms with Crippen molar-refractivity contribution < 1.29 is 13.6 Å². The number of carbonyl (C=O) groups is 1. The molecule has 0 bridgehead atoms. The molecule has 0 unspecified atom stereocenters. The van der Waals surface area contributed by atoms with E-state index in [-0.39, 0.29) is 12.0 Å². The van der Waals surface area contributed by atoms with E-state index in [1.54, 1.807) is 11.7 Å². The van der Waals surface area contributed by atoms with E-state index in [0.29, 0.717) is 5.69 Å². The molecule has 0 N–H and O–H groups in total. The van der Waals surface area contributed by atoms with Gasteiger partial charge in [-0.3, -0.25) is 9.48 Å². The summed E-state index contributed by atoms with van der Waals surface area (Å²) in [4.78, 5) is 12.2. The van der Waals surface area contributed by atoms with Crippen LogP contribution in [0, 0.1) is 11.6 Å². The number of fused-ring (bicyclic) bond motifs is 1. The maximum Gasteiger partial charge on any atom is 0.171 e. The van der Waals surface area contributed by atoms with Crippen LogP contribution in [0.2, 0.25) is 0 Å². The lowest BCUT2D eigenvalue weighted by atomic mass is 10.0. The highest BCUT2D eigenvalue weighted by molar-refractivity contribution is 5.99. The average molecular weight is 286 g/mol. The SMILES string of the molecule is Cn1nc(CC(=O)c2cccc(F)c2F)c2ccccc21. The van der Waals surface area contributed by atoms with Crippen molar-refractivity contribution in [2.45, 2.75) is 6.42 Å². The van der Waals surface area contributed by atoms with Gasteiger partial charge in [0.1, 0.15) is 0 Å². The third-order valence-electron chi connectivity index (χ3n) is 3.41. The number of aromatic nitrogens is 2. The number of Topliss-reactive ketones (excluding diaryl/α,β-unsaturated/α-hetero) is 1. The number of halogens is 2. The molecule has 0 radical (unpaired) electrons. The second-order valence-corrected chi connectivity index (χ2v) is 4.79. The van der Waals surface area contributed by atoms with Crippen LogP contribution in [0.15, 0.2) is 42.5 Å². The molecule has 3 aromatic rings. The summed E-state index contributed by atoms with van der Waals surface area (Å²) < 4.78 is 28.5. The molecule has 21 heavy (non-hydrogen) atoms. The number of rotatable bonds is 3. The van der Waals surface area contributed by atoms with Gasteiger partial charge >= 0.3 is 0 Å². The Labute approximate surface area is 119 Å². The van der Waals surface area contributed by atoms with Gasteiger partial charge in [0.05, 0.1) is 23.2 Å². The maximum atomic E-state index is 13.7. The van der Waals surface area contributed by atoms with Crippen LogP contribution in [0.1, 0.15) is 16.1 Å². The zero-order valence-corrected chi connectivity index (χ0v) is 11.3. The predicted octanol–water partition coefficient (Wildman–Crippen LogP) is 3.28. The van der Waals surface area contributed by atoms with Gasteiger partial charge in [0.15, 0.2) is 17.4 Å². The summed E-state index contributed by atoms with van der Waals surface area (Å²) in [5.41, 5.74) is 1.20. The Kier molecular flexibility index (Phi) is 3.25. The van der Waals surface area contributed by atoms with Gasteiger partial charge in [-0.25, -0.2) is 8.78 Å². The zero-order valence-electron chi connectivity index (χ0n) is 11.3. The molecule has 0 aliphatic rings. The highest BCUT2D eigenvalue weighted by atomic mass is 19.2. The van der Waals surface area contributed by atoms with Crippen LogP contribution in [-0.4, -0.2) is 15.6 Å². The minimum absolute atomic E-state index is 0.0677. The molecule has 0 saturated carbocycles. The van der Waals surface area contributed by atoms with E-state index >= 15 is 0 Å². The van der Waals surface area contributed by atoms with Gasteiger partial charge in [-0.2, -0.15) is 5.10 Å². The Balaban J connectivity index is 1.99. The van der Waals surface area contributed by atoms with Crippen molar-refractivity contribution in [3.63, 3.8) is 0 Å². The Morgan fingerprint density at radius 3 is 2.71 bits per heavy atom. The number of ketones is 1. The number of hydrogen-bond donors (Lipinski definition) is 0. The smallest absolute Gasteiger partial charge is 0.171 e. The Morgan fingerprint density at radius 2 is 1.90 bits per heavy atom. The normalized spacial score (nSPS) is 11.0. The fourth-order valence-electron chi connectivity index (χ4n) is 2.39. The van der Waals surface area contributed by atoms with Crippen molar-refractivity contribution in [3.8, 4) is 0 Å². The Morgan fingerprint density at radius 1 is 1.14 bits per heavy atom. The lowest BCUT2D eigenvalue weighted by Gasteiger charge is -2.02. The molecule has 0 atom stereocenters. The molecular weight excluding hydrogens is 274 g/mol. The van der Waals surface area contributed by atoms with E-state index in [2.05, 4.69) is 5.10 Å². The first-order valence-electron chi connectivity index (χ1n) is 6.45. The fraction of sp³-hybridized carbons (Fsp3) is 0.125. The van der Waals surface area contributed by atoms with Crippen LogP contribution >= 0.6 is 0 Å². The van der Waals surface area contributed by atoms with Gasteiger partial charge in [-0.05, 0) is 18.2 Å². The predicted molar refractivity (Wildman–Crippen MR) is 75.1 cm³/mol. The quantitative estimate of drug-likeness (QED) is 0.693. The van der Waals surface area contributed by atoms with Gasteiger partial charge in [0.25, 0.3) is 0 Å². The standard InChI is InChI=1S/C16H12F2N2O/c1-20-14-8-3-2-5-10(14)13(19-20)9-15(21)11-6-4-7-12(17)16(11)18/h2-8H,9H2,1H3. The lowest BCUT2D eigenvalue weighted by molar-refractivity contribution is 0.0987. The molecule has 0 amide bonds. The molecule has 1 heterocycles. The van der Waals surface area contributed by atoms with Gasteiger partial charge in [-0.15, -0.1) is 0 Å². The van der Waals surface area contributed by atoms with Gasteiger partial charge < -0.3 is 0 Å². The first-order chi connectivity index (χ1) is 10.1. The summed E-state index contributed by atoms with van der Waals surface area (Å²) in [5, 5.41) is 5.13. The molecule has 5 heteroatoms. The Bertz CT molecular complexity index is 839. The monoisotopic (exact) mass is 286 g/mol. The number of carbonyl (C=O) groups excluding carboxylic acids is 1. The first-order valence-corrected chi connectivity index (χ1v) is 6.45. The molecule has 0 aliphatic heterocycles. The number of benzene rings is 2. The van der Waals surface area contributed by atoms with E-state index in [1.807, 2.05) is 24.3 Å². The van der Waals surface area contributed by atoms with E-state index in [1.165, 1.54) is 12.1 Å². The average Bonchev–Trinajstić information content (AvgIpc) is 2.79. The molecule has 3 nitrogen and oxygen atoms in total. The van der Waals surface area contributed by atoms with Crippen molar-refractivity contribution in [2.24, 2.45) is 7.05 Å². The second kappa shape index (κ2) is 5.09. The molecule has 106 valence electrons. The van der Waals surface area contributed by atoms with Gasteiger partial charge in [0.2, 0.25) is 0 Å². The second-order valence-electron chi connectivity index (χ2n) is 4.79. The zero-order chi connectivity index (χ0) is 15.0. The number of aryl methyl sites for hydroxylation is 1. The van der Waals surface area contributed by atoms with E-state index in [4.69, 9.17) is 0 Å². The van der Waals surface area contributed by atoms with Crippen molar-refractivity contribution >= 4 is 16.7 Å². The number of hydrogen-bond acceptors (Lipinski definition) is 2. The summed E-state index contributed by atoms with van der Waals surface area (Å²) in [7, 11) is 1.78. The third-order valence-corrected chi connectivity index (χ3v) is 3.41. The highest BCUT2D eigenvalue weighted by Gasteiger charge is 2.18. The van der Waals surface area contributed by atoms with Crippen molar-refractivity contribution in [3.05, 3.63) is 65.4 Å². The molecule has 0 fully saturated rings. The molecule has 1 aromatic heterocycles. The molecule has 0 saturated heterocycles. The minimum Gasteiger partial charge on any atom is -0.294 e. The third kappa shape index (κ3) is 2.31. The van der Waals surface area contributed by atoms with Crippen LogP contribution in [0.3, 0.4) is 0 Å². The van der Waals surface area contributed by atoms with Crippen LogP contribution in [-0.2, 0) is 13.5 Å². The van der Waals surface area contributed by atoms with Crippen LogP contribution in [0.4, 0.5) is 8.78 Å². The van der Waals surface area contributed by atoms with E-state index in [9.17, 15) is 13.6 Å². The Hall–Kier alpha value is -2.56. The summed E-state index contributed by atoms with van der Waals surface area (Å²) >= 11 is 0. The maximum absolute atomic E-state index is 13.7. The molecule has 0 spiro atoms. The molecule has 0 aliphatic carbocycles. The van der Waals surface area contributed by atoms with Crippen LogP contribution in [0.25, 0.3) is 10.9 Å². The highest BCUT2D eigenvalue weighted by Crippen LogP contribution is 2.20. The minimum atomic E-state index is -1.11. The summed E-state index contributed by atoms with van der Waals surface area (Å²) in [5.74, 6) is -2.62. The van der Waals surface area contributed by atoms with Crippen molar-refractivity contribution in [1.29, 1.82) is 0 Å². The molecular formula is C16H12F2N2O. The van der Waals surface area contributed by atoms with Crippen LogP contribution < -0.4 is 0 Å². The van der Waals surface area contributed by atoms with Crippen molar-refractivity contribution in [2.75, 3.05) is 0 Å². The summed E-state index contributed by atoms with van der Waals surface area (Å²) in [6, 6.07) is 11.1. The van der Waals surface area contributed by atoms with Gasteiger partial charge in [0, 0.05) is 12.4 Å². The number of para-hydroxylation sites is 1. The number of nitrogens with zero attached hydrogens (tertiary/aromatic N) is 2.